The fraction of sp³-hybridized carbons (Fsp3) is 0.156. The monoisotopic (exact) mass is 603 g/mol. The maximum Gasteiger partial charge on any atom is 0.305 e. The minimum Gasteiger partial charge on any atom is -0.481 e. The predicted molar refractivity (Wildman–Crippen MR) is 159 cm³/mol. The van der Waals surface area contributed by atoms with E-state index in [2.05, 4.69) is 5.32 Å². The molecule has 0 saturated heterocycles. The van der Waals surface area contributed by atoms with Gasteiger partial charge in [-0.25, -0.2) is 17.9 Å². The number of benzene rings is 4. The summed E-state index contributed by atoms with van der Waals surface area (Å²) >= 11 is 0. The number of sulfonamides is 1. The Morgan fingerprint density at radius 2 is 1.37 bits per heavy atom. The maximum absolute atomic E-state index is 14.1. The van der Waals surface area contributed by atoms with Crippen LogP contribution >= 0.6 is 0 Å². The molecule has 4 aromatic rings. The lowest BCUT2D eigenvalue weighted by Gasteiger charge is -2.24. The number of primary sulfonamides is 1. The Bertz CT molecular complexity index is 1740. The Morgan fingerprint density at radius 1 is 0.791 bits per heavy atom. The molecule has 222 valence electrons. The predicted octanol–water partition coefficient (Wildman–Crippen LogP) is 4.23. The van der Waals surface area contributed by atoms with Gasteiger partial charge in [-0.1, -0.05) is 66.7 Å². The number of nitrogens with zero attached hydrogens (tertiary/aromatic N) is 1. The molecule has 0 radical (unpaired) electrons. The number of nitrogens with one attached hydrogen (secondary N) is 1. The molecule has 0 aliphatic rings. The summed E-state index contributed by atoms with van der Waals surface area (Å²) in [4.78, 5) is 39.9. The fourth-order valence-electron chi connectivity index (χ4n) is 4.56. The van der Waals surface area contributed by atoms with Gasteiger partial charge in [0.25, 0.3) is 11.8 Å². The highest BCUT2D eigenvalue weighted by molar-refractivity contribution is 7.89. The van der Waals surface area contributed by atoms with Crippen LogP contribution in [0.2, 0.25) is 0 Å². The average molecular weight is 604 g/mol. The van der Waals surface area contributed by atoms with Crippen LogP contribution in [0.3, 0.4) is 0 Å². The number of hydrogen-bond donors (Lipinski definition) is 3. The summed E-state index contributed by atoms with van der Waals surface area (Å²) in [5, 5.41) is 17.2. The van der Waals surface area contributed by atoms with E-state index in [4.69, 9.17) is 5.14 Å². The van der Waals surface area contributed by atoms with Gasteiger partial charge in [0.15, 0.2) is 0 Å². The van der Waals surface area contributed by atoms with E-state index in [0.717, 1.165) is 5.56 Å². The first kappa shape index (κ1) is 31.1. The lowest BCUT2D eigenvalue weighted by molar-refractivity contribution is -0.137. The molecule has 4 aromatic carbocycles. The number of amides is 2. The van der Waals surface area contributed by atoms with E-state index in [1.54, 1.807) is 78.9 Å². The van der Waals surface area contributed by atoms with Crippen LogP contribution in [0.5, 0.6) is 0 Å². The molecule has 0 aliphatic heterocycles. The van der Waals surface area contributed by atoms with Gasteiger partial charge in [-0.05, 0) is 53.4 Å². The number of aliphatic carboxylic acids is 1. The number of rotatable bonds is 12. The van der Waals surface area contributed by atoms with Crippen molar-refractivity contribution in [3.63, 3.8) is 0 Å². The van der Waals surface area contributed by atoms with Crippen molar-refractivity contribution in [2.75, 3.05) is 13.1 Å². The third-order valence-corrected chi connectivity index (χ3v) is 7.75. The summed E-state index contributed by atoms with van der Waals surface area (Å²) in [5.41, 5.74) is 2.57. The van der Waals surface area contributed by atoms with Gasteiger partial charge in [-0.2, -0.15) is 0 Å². The summed E-state index contributed by atoms with van der Waals surface area (Å²) in [6, 6.07) is 25.5. The highest BCUT2D eigenvalue weighted by Gasteiger charge is 2.23. The van der Waals surface area contributed by atoms with Gasteiger partial charge in [0.05, 0.1) is 11.3 Å². The maximum atomic E-state index is 14.1. The number of carbonyl (C=O) groups excluding carboxylic acids is 2. The number of nitrogens with two attached hydrogens (primary N) is 1. The largest absolute Gasteiger partial charge is 0.481 e. The zero-order valence-corrected chi connectivity index (χ0v) is 23.9. The molecule has 0 atom stereocenters. The number of halogens is 1. The van der Waals surface area contributed by atoms with Crippen molar-refractivity contribution < 1.29 is 32.3 Å². The van der Waals surface area contributed by atoms with E-state index in [1.807, 2.05) is 0 Å². The molecule has 4 N–H and O–H groups in total. The van der Waals surface area contributed by atoms with Crippen molar-refractivity contribution in [2.24, 2.45) is 5.14 Å². The zero-order chi connectivity index (χ0) is 31.0. The number of carboxylic acids is 1. The number of hydrogen-bond acceptors (Lipinski definition) is 5. The van der Waals surface area contributed by atoms with Crippen molar-refractivity contribution in [2.45, 2.75) is 24.3 Å². The van der Waals surface area contributed by atoms with Crippen LogP contribution in [0.4, 0.5) is 4.39 Å². The molecule has 0 aromatic heterocycles. The molecular weight excluding hydrogens is 573 g/mol. The molecule has 43 heavy (non-hydrogen) atoms. The minimum absolute atomic E-state index is 0.0262. The summed E-state index contributed by atoms with van der Waals surface area (Å²) in [6.07, 6.45) is 0.0424. The molecule has 9 nitrogen and oxygen atoms in total. The smallest absolute Gasteiger partial charge is 0.305 e. The SMILES string of the molecule is NS(=O)(=O)c1ccc(CCN(CCC(=O)O)C(=O)c2ccccc2-c2ccccc2C(=O)NCc2ccccc2F)cc1. The Kier molecular flexibility index (Phi) is 10.0. The minimum atomic E-state index is -3.85. The summed E-state index contributed by atoms with van der Waals surface area (Å²) < 4.78 is 37.2. The normalized spacial score (nSPS) is 11.1. The van der Waals surface area contributed by atoms with Gasteiger partial charge in [-0.3, -0.25) is 14.4 Å². The molecule has 11 heteroatoms. The van der Waals surface area contributed by atoms with E-state index in [-0.39, 0.29) is 42.1 Å². The Hall–Kier alpha value is -4.87. The number of carbonyl (C=O) groups is 3. The van der Waals surface area contributed by atoms with E-state index >= 15 is 0 Å². The highest BCUT2D eigenvalue weighted by Crippen LogP contribution is 2.28. The van der Waals surface area contributed by atoms with Crippen LogP contribution in [0.15, 0.2) is 102 Å². The molecule has 0 heterocycles. The molecule has 2 amide bonds. The second-order valence-corrected chi connectivity index (χ2v) is 11.3. The van der Waals surface area contributed by atoms with E-state index < -0.39 is 33.6 Å². The Morgan fingerprint density at radius 3 is 2.00 bits per heavy atom. The number of carboxylic acid groups (broad SMARTS) is 1. The first-order valence-electron chi connectivity index (χ1n) is 13.4. The van der Waals surface area contributed by atoms with Crippen LogP contribution in [0, 0.1) is 5.82 Å². The van der Waals surface area contributed by atoms with Crippen LogP contribution in [0.1, 0.15) is 38.3 Å². The van der Waals surface area contributed by atoms with Crippen molar-refractivity contribution in [1.29, 1.82) is 0 Å². The standard InChI is InChI=1S/C32H30FN3O6S/c33-29-12-6-1-7-23(29)21-35-31(39)27-10-4-2-8-25(27)26-9-3-5-11-28(26)32(40)36(20-18-30(37)38)19-17-22-13-15-24(16-14-22)43(34,41)42/h1-16H,17-21H2,(H,35,39)(H,37,38)(H2,34,41,42). The van der Waals surface area contributed by atoms with Gasteiger partial charge >= 0.3 is 5.97 Å². The van der Waals surface area contributed by atoms with Crippen LogP contribution in [-0.4, -0.2) is 49.3 Å². The van der Waals surface area contributed by atoms with Crippen molar-refractivity contribution in [1.82, 2.24) is 10.2 Å². The topological polar surface area (TPSA) is 147 Å². The van der Waals surface area contributed by atoms with Gasteiger partial charge in [0, 0.05) is 36.3 Å². The average Bonchev–Trinajstić information content (AvgIpc) is 3.00. The molecule has 0 unspecified atom stereocenters. The van der Waals surface area contributed by atoms with Crippen LogP contribution in [-0.2, 0) is 27.8 Å². The molecule has 0 bridgehead atoms. The van der Waals surface area contributed by atoms with E-state index in [0.29, 0.717) is 23.1 Å². The van der Waals surface area contributed by atoms with E-state index in [1.165, 1.54) is 23.1 Å². The highest BCUT2D eigenvalue weighted by atomic mass is 32.2. The molecule has 0 spiro atoms. The third-order valence-electron chi connectivity index (χ3n) is 6.82. The van der Waals surface area contributed by atoms with Gasteiger partial charge in [-0.15, -0.1) is 0 Å². The molecule has 4 rings (SSSR count). The molecule has 0 fully saturated rings. The molecule has 0 aliphatic carbocycles. The molecular formula is C32H30FN3O6S. The van der Waals surface area contributed by atoms with Gasteiger partial charge in [0.1, 0.15) is 5.82 Å². The zero-order valence-electron chi connectivity index (χ0n) is 23.1. The van der Waals surface area contributed by atoms with Gasteiger partial charge in [0.2, 0.25) is 10.0 Å². The van der Waals surface area contributed by atoms with Crippen molar-refractivity contribution >= 4 is 27.8 Å². The first-order valence-corrected chi connectivity index (χ1v) is 14.9. The fourth-order valence-corrected chi connectivity index (χ4v) is 5.07. The molecule has 0 saturated carbocycles. The second kappa shape index (κ2) is 13.9. The van der Waals surface area contributed by atoms with Crippen LogP contribution in [0.25, 0.3) is 11.1 Å². The van der Waals surface area contributed by atoms with Crippen molar-refractivity contribution in [3.8, 4) is 11.1 Å². The van der Waals surface area contributed by atoms with Crippen molar-refractivity contribution in [3.05, 3.63) is 125 Å². The summed E-state index contributed by atoms with van der Waals surface area (Å²) in [7, 11) is -3.85. The second-order valence-electron chi connectivity index (χ2n) is 9.74. The lowest BCUT2D eigenvalue weighted by Crippen LogP contribution is -2.35. The Labute approximate surface area is 248 Å². The van der Waals surface area contributed by atoms with Crippen LogP contribution < -0.4 is 10.5 Å². The van der Waals surface area contributed by atoms with Gasteiger partial charge < -0.3 is 15.3 Å². The van der Waals surface area contributed by atoms with E-state index in [9.17, 15) is 32.3 Å². The first-order chi connectivity index (χ1) is 20.5. The summed E-state index contributed by atoms with van der Waals surface area (Å²) in [6.45, 7) is 0.0596. The third kappa shape index (κ3) is 8.12. The summed E-state index contributed by atoms with van der Waals surface area (Å²) in [5.74, 6) is -2.39. The lowest BCUT2D eigenvalue weighted by atomic mass is 9.94. The quantitative estimate of drug-likeness (QED) is 0.221. The Balaban J connectivity index is 1.60.